The lowest BCUT2D eigenvalue weighted by atomic mass is 9.98. The third-order valence-electron chi connectivity index (χ3n) is 2.63. The topological polar surface area (TPSA) is 49.0 Å². The molecule has 4 heteroatoms. The normalized spacial score (nSPS) is 16.4. The van der Waals surface area contributed by atoms with Crippen molar-refractivity contribution in [1.82, 2.24) is 5.32 Å². The van der Waals surface area contributed by atoms with Gasteiger partial charge < -0.3 is 9.73 Å². The molecule has 1 aromatic rings. The molecule has 1 heterocycles. The van der Waals surface area contributed by atoms with E-state index < -0.39 is 5.54 Å². The number of thioether (sulfide) groups is 1. The maximum absolute atomic E-state index is 9.07. The van der Waals surface area contributed by atoms with Crippen LogP contribution in [0.15, 0.2) is 21.6 Å². The van der Waals surface area contributed by atoms with E-state index in [0.29, 0.717) is 5.25 Å². The van der Waals surface area contributed by atoms with Gasteiger partial charge >= 0.3 is 0 Å². The van der Waals surface area contributed by atoms with E-state index in [9.17, 15) is 0 Å². The number of nitrogens with one attached hydrogen (secondary N) is 1. The number of hydrogen-bond donors (Lipinski definition) is 1. The van der Waals surface area contributed by atoms with E-state index in [0.717, 1.165) is 17.1 Å². The Morgan fingerprint density at radius 1 is 1.69 bits per heavy atom. The Labute approximate surface area is 101 Å². The van der Waals surface area contributed by atoms with Crippen molar-refractivity contribution in [1.29, 1.82) is 5.26 Å². The molecule has 1 aromatic heterocycles. The first-order valence-electron chi connectivity index (χ1n) is 5.31. The number of nitriles is 1. The van der Waals surface area contributed by atoms with Gasteiger partial charge in [-0.05, 0) is 33.4 Å². The standard InChI is InChI=1S/C12H18N2OS/c1-9(7-12(3,8-13)14-4)16-11-5-6-15-10(11)2/h5-6,9,14H,7H2,1-4H3. The zero-order valence-electron chi connectivity index (χ0n) is 10.2. The van der Waals surface area contributed by atoms with E-state index >= 15 is 0 Å². The Balaban J connectivity index is 2.58. The fraction of sp³-hybridized carbons (Fsp3) is 0.583. The summed E-state index contributed by atoms with van der Waals surface area (Å²) in [5, 5.41) is 12.5. The van der Waals surface area contributed by atoms with Crippen molar-refractivity contribution in [3.63, 3.8) is 0 Å². The Kier molecular flexibility index (Phi) is 4.45. The van der Waals surface area contributed by atoms with E-state index in [2.05, 4.69) is 18.3 Å². The number of rotatable bonds is 5. The quantitative estimate of drug-likeness (QED) is 0.801. The van der Waals surface area contributed by atoms with Crippen LogP contribution in [-0.2, 0) is 0 Å². The maximum Gasteiger partial charge on any atom is 0.114 e. The van der Waals surface area contributed by atoms with Crippen LogP contribution in [0, 0.1) is 18.3 Å². The van der Waals surface area contributed by atoms with Crippen LogP contribution in [-0.4, -0.2) is 17.8 Å². The first-order chi connectivity index (χ1) is 7.50. The van der Waals surface area contributed by atoms with Gasteiger partial charge in [-0.1, -0.05) is 6.92 Å². The molecular formula is C12H18N2OS. The average molecular weight is 238 g/mol. The number of aryl methyl sites for hydroxylation is 1. The van der Waals surface area contributed by atoms with Gasteiger partial charge in [0.1, 0.15) is 11.3 Å². The highest BCUT2D eigenvalue weighted by molar-refractivity contribution is 8.00. The summed E-state index contributed by atoms with van der Waals surface area (Å²) >= 11 is 1.75. The van der Waals surface area contributed by atoms with Crippen LogP contribution in [0.5, 0.6) is 0 Å². The fourth-order valence-electron chi connectivity index (χ4n) is 1.53. The first kappa shape index (κ1) is 13.1. The fourth-order valence-corrected chi connectivity index (χ4v) is 2.73. The second kappa shape index (κ2) is 5.42. The molecule has 16 heavy (non-hydrogen) atoms. The summed E-state index contributed by atoms with van der Waals surface area (Å²) in [4.78, 5) is 1.16. The van der Waals surface area contributed by atoms with Crippen LogP contribution < -0.4 is 5.32 Å². The van der Waals surface area contributed by atoms with E-state index in [4.69, 9.17) is 9.68 Å². The average Bonchev–Trinajstić information content (AvgIpc) is 2.64. The lowest BCUT2D eigenvalue weighted by molar-refractivity contribution is 0.455. The lowest BCUT2D eigenvalue weighted by Gasteiger charge is -2.24. The third-order valence-corrected chi connectivity index (χ3v) is 3.88. The van der Waals surface area contributed by atoms with Crippen molar-refractivity contribution in [3.8, 4) is 6.07 Å². The zero-order valence-corrected chi connectivity index (χ0v) is 11.0. The summed E-state index contributed by atoms with van der Waals surface area (Å²) in [6.07, 6.45) is 2.50. The second-order valence-electron chi connectivity index (χ2n) is 4.17. The molecule has 0 aliphatic carbocycles. The minimum atomic E-state index is -0.454. The Hall–Kier alpha value is -0.920. The zero-order chi connectivity index (χ0) is 12.2. The lowest BCUT2D eigenvalue weighted by Crippen LogP contribution is -2.40. The highest BCUT2D eigenvalue weighted by Gasteiger charge is 2.25. The summed E-state index contributed by atoms with van der Waals surface area (Å²) in [5.74, 6) is 0.944. The Morgan fingerprint density at radius 3 is 2.81 bits per heavy atom. The van der Waals surface area contributed by atoms with Gasteiger partial charge in [-0.25, -0.2) is 0 Å². The maximum atomic E-state index is 9.07. The molecule has 0 saturated carbocycles. The minimum absolute atomic E-state index is 0.369. The van der Waals surface area contributed by atoms with Crippen LogP contribution in [0.1, 0.15) is 26.0 Å². The summed E-state index contributed by atoms with van der Waals surface area (Å²) in [5.41, 5.74) is -0.454. The predicted molar refractivity (Wildman–Crippen MR) is 66.5 cm³/mol. The molecule has 0 aliphatic heterocycles. The largest absolute Gasteiger partial charge is 0.468 e. The van der Waals surface area contributed by atoms with E-state index in [1.165, 1.54) is 0 Å². The van der Waals surface area contributed by atoms with Gasteiger partial charge in [0, 0.05) is 10.1 Å². The van der Waals surface area contributed by atoms with Crippen molar-refractivity contribution >= 4 is 11.8 Å². The van der Waals surface area contributed by atoms with Crippen LogP contribution in [0.25, 0.3) is 0 Å². The molecule has 1 N–H and O–H groups in total. The van der Waals surface area contributed by atoms with Gasteiger partial charge in [0.25, 0.3) is 0 Å². The van der Waals surface area contributed by atoms with E-state index in [-0.39, 0.29) is 0 Å². The van der Waals surface area contributed by atoms with Crippen LogP contribution in [0.4, 0.5) is 0 Å². The number of hydrogen-bond acceptors (Lipinski definition) is 4. The van der Waals surface area contributed by atoms with Crippen molar-refractivity contribution in [2.24, 2.45) is 0 Å². The molecule has 3 nitrogen and oxygen atoms in total. The Bertz CT molecular complexity index is 383. The highest BCUT2D eigenvalue weighted by atomic mass is 32.2. The van der Waals surface area contributed by atoms with Gasteiger partial charge in [-0.2, -0.15) is 5.26 Å². The predicted octanol–water partition coefficient (Wildman–Crippen LogP) is 2.96. The molecule has 0 amide bonds. The highest BCUT2D eigenvalue weighted by Crippen LogP contribution is 2.31. The third kappa shape index (κ3) is 3.29. The van der Waals surface area contributed by atoms with Crippen molar-refractivity contribution in [2.75, 3.05) is 7.05 Å². The SMILES string of the molecule is CNC(C)(C#N)CC(C)Sc1ccoc1C. The number of furan rings is 1. The molecule has 0 bridgehead atoms. The second-order valence-corrected chi connectivity index (χ2v) is 5.65. The Morgan fingerprint density at radius 2 is 2.38 bits per heavy atom. The van der Waals surface area contributed by atoms with Gasteiger partial charge in [-0.15, -0.1) is 11.8 Å². The minimum Gasteiger partial charge on any atom is -0.468 e. The van der Waals surface area contributed by atoms with Crippen molar-refractivity contribution in [2.45, 2.75) is 42.9 Å². The summed E-state index contributed by atoms with van der Waals surface area (Å²) in [6, 6.07) is 4.28. The molecule has 2 atom stereocenters. The molecule has 0 aliphatic rings. The van der Waals surface area contributed by atoms with E-state index in [1.807, 2.05) is 27.0 Å². The monoisotopic (exact) mass is 238 g/mol. The molecule has 0 spiro atoms. The summed E-state index contributed by atoms with van der Waals surface area (Å²) in [7, 11) is 1.82. The van der Waals surface area contributed by atoms with Crippen LogP contribution >= 0.6 is 11.8 Å². The summed E-state index contributed by atoms with van der Waals surface area (Å²) in [6.45, 7) is 6.01. The molecule has 88 valence electrons. The number of nitrogens with zero attached hydrogens (tertiary/aromatic N) is 1. The van der Waals surface area contributed by atoms with Crippen LogP contribution in [0.2, 0.25) is 0 Å². The van der Waals surface area contributed by atoms with Crippen molar-refractivity contribution < 1.29 is 4.42 Å². The van der Waals surface area contributed by atoms with Gasteiger partial charge in [0.15, 0.2) is 0 Å². The molecule has 1 rings (SSSR count). The summed E-state index contributed by atoms with van der Waals surface area (Å²) < 4.78 is 5.25. The molecular weight excluding hydrogens is 220 g/mol. The van der Waals surface area contributed by atoms with Gasteiger partial charge in [0.2, 0.25) is 0 Å². The van der Waals surface area contributed by atoms with Gasteiger partial charge in [-0.3, -0.25) is 0 Å². The van der Waals surface area contributed by atoms with Gasteiger partial charge in [0.05, 0.1) is 12.3 Å². The smallest absolute Gasteiger partial charge is 0.114 e. The van der Waals surface area contributed by atoms with Crippen molar-refractivity contribution in [3.05, 3.63) is 18.1 Å². The molecule has 0 aromatic carbocycles. The molecule has 0 saturated heterocycles. The van der Waals surface area contributed by atoms with Crippen LogP contribution in [0.3, 0.4) is 0 Å². The first-order valence-corrected chi connectivity index (χ1v) is 6.19. The molecule has 0 radical (unpaired) electrons. The molecule has 0 fully saturated rings. The van der Waals surface area contributed by atoms with E-state index in [1.54, 1.807) is 18.0 Å². The molecule has 2 unspecified atom stereocenters.